The molecule has 23 heteroatoms. The monoisotopic (exact) mass is 951 g/mol. The highest BCUT2D eigenvalue weighted by molar-refractivity contribution is 7.89. The Morgan fingerprint density at radius 1 is 0.688 bits per heavy atom. The Bertz CT molecular complexity index is 2240. The molecular weight excluding hydrogens is 894 g/mol. The number of ketones is 1. The standard InChI is InChI=1S/C22H29F4N3O5S.C19H29FN4O4S/c1-21(2,3)34-20(31)28-12-16(29-13-15(28)5-4-8-35(29,32)33)6-7-17-14(10-27-11-18(17)23)9-19(30)22(24,25)26;1-19(2,3)28-18(25)23-11-14(6-7-15-16(20)9-22-10-17(15)21)24-12-13(23)5-4-8-29(24,26)27/h10-11,15-16H,4-9,12-13H2,1-3H3;9-10,13-14H,4-8,11-12,21H2,1-3H3/t15-,16+;13-,14+/m11/s1. The molecule has 6 heterocycles. The summed E-state index contributed by atoms with van der Waals surface area (Å²) in [7, 11) is -7.08. The summed E-state index contributed by atoms with van der Waals surface area (Å²) in [5.41, 5.74) is 4.66. The van der Waals surface area contributed by atoms with Gasteiger partial charge in [-0.2, -0.15) is 21.8 Å². The largest absolute Gasteiger partial charge is 0.450 e. The molecule has 4 fully saturated rings. The van der Waals surface area contributed by atoms with Gasteiger partial charge in [0.15, 0.2) is 0 Å². The Balaban J connectivity index is 0.000000245. The third kappa shape index (κ3) is 13.0. The van der Waals surface area contributed by atoms with Crippen LogP contribution in [-0.2, 0) is 53.6 Å². The molecule has 4 bridgehead atoms. The Labute approximate surface area is 371 Å². The molecule has 4 aliphatic rings. The van der Waals surface area contributed by atoms with Gasteiger partial charge in [-0.1, -0.05) is 0 Å². The molecule has 0 radical (unpaired) electrons. The molecule has 358 valence electrons. The van der Waals surface area contributed by atoms with Crippen LogP contribution in [0.15, 0.2) is 24.8 Å². The summed E-state index contributed by atoms with van der Waals surface area (Å²) >= 11 is 0. The van der Waals surface area contributed by atoms with Crippen molar-refractivity contribution in [2.24, 2.45) is 0 Å². The van der Waals surface area contributed by atoms with Gasteiger partial charge in [0.05, 0.1) is 35.8 Å². The SMILES string of the molecule is CC(C)(C)OC(=O)N1C[C@H](CCc2c(F)cncc2CC(=O)C(F)(F)F)N2C[C@H]1CCCS2(=O)=O.CC(C)(C)OC(=O)N1C[C@H](CCc2c(N)cncc2F)N2C[C@H]1CCCS2(=O)=O. The van der Waals surface area contributed by atoms with Crippen molar-refractivity contribution in [1.29, 1.82) is 0 Å². The fourth-order valence-electron chi connectivity index (χ4n) is 8.39. The number of alkyl halides is 3. The number of anilines is 1. The predicted octanol–water partition coefficient (Wildman–Crippen LogP) is 5.39. The number of carbonyl (C=O) groups excluding carboxylic acids is 3. The highest BCUT2D eigenvalue weighted by atomic mass is 32.2. The van der Waals surface area contributed by atoms with Crippen LogP contribution in [0.2, 0.25) is 0 Å². The van der Waals surface area contributed by atoms with Gasteiger partial charge < -0.3 is 25.0 Å². The first-order valence-electron chi connectivity index (χ1n) is 21.1. The first-order chi connectivity index (χ1) is 29.6. The number of Topliss-reactive ketones (excluding diaryl/α,β-unsaturated/α-hetero) is 1. The van der Waals surface area contributed by atoms with Crippen molar-refractivity contribution >= 4 is 43.7 Å². The molecule has 2 N–H and O–H groups in total. The summed E-state index contributed by atoms with van der Waals surface area (Å²) in [4.78, 5) is 47.5. The summed E-state index contributed by atoms with van der Waals surface area (Å²) in [5, 5.41) is 0. The summed E-state index contributed by atoms with van der Waals surface area (Å²) < 4.78 is 132. The molecule has 2 aromatic heterocycles. The van der Waals surface area contributed by atoms with E-state index in [-0.39, 0.29) is 85.8 Å². The number of nitrogens with two attached hydrogens (primary N) is 1. The lowest BCUT2D eigenvalue weighted by Crippen LogP contribution is -2.60. The van der Waals surface area contributed by atoms with Gasteiger partial charge in [-0.05, 0) is 104 Å². The van der Waals surface area contributed by atoms with Gasteiger partial charge in [0.1, 0.15) is 22.8 Å². The van der Waals surface area contributed by atoms with Gasteiger partial charge >= 0.3 is 18.4 Å². The van der Waals surface area contributed by atoms with Crippen LogP contribution in [0.25, 0.3) is 0 Å². The highest BCUT2D eigenvalue weighted by Gasteiger charge is 2.46. The number of pyridine rings is 2. The fourth-order valence-corrected chi connectivity index (χ4v) is 12.0. The zero-order chi connectivity index (χ0) is 47.6. The molecule has 64 heavy (non-hydrogen) atoms. The smallest absolute Gasteiger partial charge is 0.444 e. The van der Waals surface area contributed by atoms with E-state index in [1.807, 2.05) is 0 Å². The summed E-state index contributed by atoms with van der Waals surface area (Å²) in [6.45, 7) is 11.0. The minimum Gasteiger partial charge on any atom is -0.444 e. The maximum Gasteiger partial charge on any atom is 0.450 e. The van der Waals surface area contributed by atoms with Crippen LogP contribution >= 0.6 is 0 Å². The lowest BCUT2D eigenvalue weighted by molar-refractivity contribution is -0.170. The van der Waals surface area contributed by atoms with Gasteiger partial charge in [-0.3, -0.25) is 14.8 Å². The van der Waals surface area contributed by atoms with Gasteiger partial charge in [0.25, 0.3) is 0 Å². The second kappa shape index (κ2) is 19.7. The van der Waals surface area contributed by atoms with Crippen LogP contribution in [0.3, 0.4) is 0 Å². The van der Waals surface area contributed by atoms with E-state index >= 15 is 0 Å². The van der Waals surface area contributed by atoms with Crippen molar-refractivity contribution in [2.75, 3.05) is 43.4 Å². The number of piperazine rings is 2. The average Bonchev–Trinajstić information content (AvgIpc) is 3.37. The Morgan fingerprint density at radius 2 is 1.11 bits per heavy atom. The Hall–Kier alpha value is -4.22. The number of ether oxygens (including phenoxy) is 2. The number of aromatic nitrogens is 2. The molecule has 2 unspecified atom stereocenters. The van der Waals surface area contributed by atoms with E-state index in [2.05, 4.69) is 9.97 Å². The van der Waals surface area contributed by atoms with Crippen LogP contribution in [0.5, 0.6) is 0 Å². The molecule has 6 rings (SSSR count). The first kappa shape index (κ1) is 50.8. The number of rotatable bonds is 8. The number of nitrogens with zero attached hydrogens (tertiary/aromatic N) is 6. The van der Waals surface area contributed by atoms with E-state index in [9.17, 15) is 53.2 Å². The molecule has 0 saturated carbocycles. The second-order valence-electron chi connectivity index (χ2n) is 18.6. The number of amides is 2. The number of nitrogen functional groups attached to an aromatic ring is 1. The Kier molecular flexibility index (Phi) is 15.6. The number of hydrogen-bond donors (Lipinski definition) is 1. The maximum absolute atomic E-state index is 14.5. The zero-order valence-electron chi connectivity index (χ0n) is 36.9. The molecule has 0 spiro atoms. The van der Waals surface area contributed by atoms with E-state index in [0.717, 1.165) is 18.6 Å². The third-order valence-electron chi connectivity index (χ3n) is 11.4. The van der Waals surface area contributed by atoms with Gasteiger partial charge in [0.2, 0.25) is 25.8 Å². The van der Waals surface area contributed by atoms with E-state index in [0.29, 0.717) is 37.7 Å². The van der Waals surface area contributed by atoms with Gasteiger partial charge in [0, 0.05) is 68.5 Å². The van der Waals surface area contributed by atoms with Crippen molar-refractivity contribution < 1.29 is 62.6 Å². The van der Waals surface area contributed by atoms with Crippen LogP contribution < -0.4 is 5.73 Å². The molecule has 0 aliphatic carbocycles. The predicted molar refractivity (Wildman–Crippen MR) is 225 cm³/mol. The number of halogens is 5. The minimum absolute atomic E-state index is 0.00231. The molecule has 16 nitrogen and oxygen atoms in total. The Morgan fingerprint density at radius 3 is 1.53 bits per heavy atom. The van der Waals surface area contributed by atoms with Gasteiger partial charge in [-0.15, -0.1) is 0 Å². The van der Waals surface area contributed by atoms with Crippen molar-refractivity contribution in [3.63, 3.8) is 0 Å². The van der Waals surface area contributed by atoms with Crippen LogP contribution in [0.1, 0.15) is 96.8 Å². The molecule has 0 aromatic carbocycles. The van der Waals surface area contributed by atoms with E-state index < -0.39 is 85.5 Å². The van der Waals surface area contributed by atoms with E-state index in [1.165, 1.54) is 19.7 Å². The molecular formula is C41H58F5N7O9S2. The van der Waals surface area contributed by atoms with Crippen molar-refractivity contribution in [3.8, 4) is 0 Å². The fraction of sp³-hybridized carbons (Fsp3) is 0.683. The normalized spacial score (nSPS) is 25.5. The van der Waals surface area contributed by atoms with Gasteiger partial charge in [-0.25, -0.2) is 35.2 Å². The van der Waals surface area contributed by atoms with Crippen molar-refractivity contribution in [3.05, 3.63) is 53.1 Å². The topological polar surface area (TPSA) is 203 Å². The molecule has 4 aliphatic heterocycles. The highest BCUT2D eigenvalue weighted by Crippen LogP contribution is 2.33. The third-order valence-corrected chi connectivity index (χ3v) is 15.3. The average molecular weight is 952 g/mol. The molecule has 6 atom stereocenters. The number of hydrogen-bond acceptors (Lipinski definition) is 12. The first-order valence-corrected chi connectivity index (χ1v) is 24.4. The lowest BCUT2D eigenvalue weighted by Gasteiger charge is -2.44. The summed E-state index contributed by atoms with van der Waals surface area (Å²) in [6.07, 6.45) is -0.436. The summed E-state index contributed by atoms with van der Waals surface area (Å²) in [5.74, 6) is -3.47. The van der Waals surface area contributed by atoms with Crippen LogP contribution in [0.4, 0.5) is 37.2 Å². The second-order valence-corrected chi connectivity index (χ2v) is 22.6. The molecule has 4 saturated heterocycles. The quantitative estimate of drug-likeness (QED) is 0.331. The van der Waals surface area contributed by atoms with Crippen molar-refractivity contribution in [1.82, 2.24) is 28.4 Å². The number of carbonyl (C=O) groups is 3. The van der Waals surface area contributed by atoms with Crippen LogP contribution in [0, 0.1) is 11.6 Å². The summed E-state index contributed by atoms with van der Waals surface area (Å²) in [6, 6.07) is -1.80. The minimum atomic E-state index is -5.07. The zero-order valence-corrected chi connectivity index (χ0v) is 38.5. The number of fused-ring (bicyclic) bond motifs is 4. The van der Waals surface area contributed by atoms with E-state index in [4.69, 9.17) is 15.2 Å². The maximum atomic E-state index is 14.5. The number of sulfonamides is 2. The van der Waals surface area contributed by atoms with E-state index in [1.54, 1.807) is 46.4 Å². The molecule has 2 aromatic rings. The molecule has 2 amide bonds. The van der Waals surface area contributed by atoms with Crippen LogP contribution in [-0.4, -0.2) is 142 Å². The lowest BCUT2D eigenvalue weighted by atomic mass is 9.96. The van der Waals surface area contributed by atoms with Crippen molar-refractivity contribution in [2.45, 2.75) is 141 Å².